The summed E-state index contributed by atoms with van der Waals surface area (Å²) in [6.07, 6.45) is -0.484. The van der Waals surface area contributed by atoms with Gasteiger partial charge in [0.15, 0.2) is 0 Å². The molecule has 2 aromatic carbocycles. The van der Waals surface area contributed by atoms with Crippen molar-refractivity contribution in [3.8, 4) is 5.75 Å². The minimum absolute atomic E-state index is 0.00284. The number of hydrogen-bond donors (Lipinski definition) is 0. The maximum absolute atomic E-state index is 14.0. The van der Waals surface area contributed by atoms with Gasteiger partial charge in [0.1, 0.15) is 12.4 Å². The maximum Gasteiger partial charge on any atom is 0.251 e. The SMILES string of the molecule is CCN1C(=O)C(C)(C)COc2cc(C3(Sc4ccc(Cl)cc4)CC(F)(F)C3)ccc21. The topological polar surface area (TPSA) is 29.5 Å². The molecule has 0 atom stereocenters. The average molecular weight is 452 g/mol. The van der Waals surface area contributed by atoms with E-state index in [1.165, 1.54) is 11.8 Å². The van der Waals surface area contributed by atoms with E-state index in [1.54, 1.807) is 17.0 Å². The Morgan fingerprint density at radius 1 is 1.13 bits per heavy atom. The second kappa shape index (κ2) is 7.41. The first kappa shape index (κ1) is 21.4. The summed E-state index contributed by atoms with van der Waals surface area (Å²) >= 11 is 7.40. The Morgan fingerprint density at radius 2 is 1.80 bits per heavy atom. The highest BCUT2D eigenvalue weighted by Crippen LogP contribution is 2.62. The van der Waals surface area contributed by atoms with Crippen molar-refractivity contribution in [2.45, 2.75) is 49.2 Å². The quantitative estimate of drug-likeness (QED) is 0.529. The Morgan fingerprint density at radius 3 is 2.40 bits per heavy atom. The predicted octanol–water partition coefficient (Wildman–Crippen LogP) is 6.53. The fourth-order valence-corrected chi connectivity index (χ4v) is 5.75. The highest BCUT2D eigenvalue weighted by Gasteiger charge is 2.58. The van der Waals surface area contributed by atoms with Crippen molar-refractivity contribution < 1.29 is 18.3 Å². The minimum Gasteiger partial charge on any atom is -0.490 e. The van der Waals surface area contributed by atoms with Crippen LogP contribution < -0.4 is 9.64 Å². The van der Waals surface area contributed by atoms with E-state index >= 15 is 0 Å². The monoisotopic (exact) mass is 451 g/mol. The van der Waals surface area contributed by atoms with Crippen LogP contribution in [0.25, 0.3) is 0 Å². The summed E-state index contributed by atoms with van der Waals surface area (Å²) in [5.74, 6) is -2.13. The molecule has 0 N–H and O–H groups in total. The van der Waals surface area contributed by atoms with Crippen LogP contribution in [0.5, 0.6) is 5.75 Å². The molecule has 0 bridgehead atoms. The fourth-order valence-electron chi connectivity index (χ4n) is 4.09. The van der Waals surface area contributed by atoms with Gasteiger partial charge in [-0.25, -0.2) is 8.78 Å². The zero-order valence-electron chi connectivity index (χ0n) is 17.2. The van der Waals surface area contributed by atoms with Crippen molar-refractivity contribution >= 4 is 35.0 Å². The van der Waals surface area contributed by atoms with Crippen LogP contribution in [0.15, 0.2) is 47.4 Å². The second-order valence-corrected chi connectivity index (χ2v) is 10.6. The molecule has 0 aromatic heterocycles. The molecule has 0 unspecified atom stereocenters. The van der Waals surface area contributed by atoms with E-state index in [0.717, 1.165) is 10.5 Å². The van der Waals surface area contributed by atoms with Crippen molar-refractivity contribution in [1.29, 1.82) is 0 Å². The summed E-state index contributed by atoms with van der Waals surface area (Å²) in [4.78, 5) is 15.5. The maximum atomic E-state index is 14.0. The molecule has 1 aliphatic carbocycles. The molecule has 30 heavy (non-hydrogen) atoms. The number of alkyl halides is 2. The van der Waals surface area contributed by atoms with Crippen molar-refractivity contribution in [2.24, 2.45) is 5.41 Å². The molecule has 7 heteroatoms. The van der Waals surface area contributed by atoms with E-state index in [1.807, 2.05) is 51.1 Å². The minimum atomic E-state index is -2.69. The molecule has 1 heterocycles. The summed E-state index contributed by atoms with van der Waals surface area (Å²) in [7, 11) is 0. The van der Waals surface area contributed by atoms with Gasteiger partial charge in [-0.2, -0.15) is 0 Å². The number of carbonyl (C=O) groups is 1. The molecule has 2 aliphatic rings. The molecule has 2 aromatic rings. The zero-order chi connectivity index (χ0) is 21.7. The first-order valence-electron chi connectivity index (χ1n) is 9.97. The molecule has 1 aliphatic heterocycles. The van der Waals surface area contributed by atoms with Gasteiger partial charge in [0.05, 0.1) is 15.8 Å². The molecular formula is C23H24ClF2NO2S. The van der Waals surface area contributed by atoms with Crippen LogP contribution in [0, 0.1) is 5.41 Å². The number of ether oxygens (including phenoxy) is 1. The third-order valence-electron chi connectivity index (χ3n) is 5.72. The number of nitrogens with zero attached hydrogens (tertiary/aromatic N) is 1. The van der Waals surface area contributed by atoms with Gasteiger partial charge in [-0.3, -0.25) is 4.79 Å². The molecule has 1 saturated carbocycles. The molecule has 4 rings (SSSR count). The zero-order valence-corrected chi connectivity index (χ0v) is 18.7. The Bertz CT molecular complexity index is 970. The highest BCUT2D eigenvalue weighted by molar-refractivity contribution is 8.00. The summed E-state index contributed by atoms with van der Waals surface area (Å²) < 4.78 is 33.3. The molecule has 3 nitrogen and oxygen atoms in total. The molecule has 1 fully saturated rings. The standard InChI is InChI=1S/C23H24ClF2NO2S/c1-4-27-18-10-5-15(11-19(18)29-14-21(2,3)20(27)28)22(12-23(25,26)13-22)30-17-8-6-16(24)7-9-17/h5-11H,4,12-14H2,1-3H3. The first-order valence-corrected chi connectivity index (χ1v) is 11.2. The number of benzene rings is 2. The Hall–Kier alpha value is -1.79. The third kappa shape index (κ3) is 3.80. The lowest BCUT2D eigenvalue weighted by Crippen LogP contribution is -2.47. The summed E-state index contributed by atoms with van der Waals surface area (Å²) in [5.41, 5.74) is 0.818. The molecular weight excluding hydrogens is 428 g/mol. The fraction of sp³-hybridized carbons (Fsp3) is 0.435. The smallest absolute Gasteiger partial charge is 0.251 e. The largest absolute Gasteiger partial charge is 0.490 e. The van der Waals surface area contributed by atoms with Gasteiger partial charge in [0, 0.05) is 29.3 Å². The van der Waals surface area contributed by atoms with Gasteiger partial charge in [-0.1, -0.05) is 17.7 Å². The van der Waals surface area contributed by atoms with Gasteiger partial charge >= 0.3 is 0 Å². The highest BCUT2D eigenvalue weighted by atomic mass is 35.5. The van der Waals surface area contributed by atoms with Gasteiger partial charge in [0.25, 0.3) is 5.92 Å². The number of anilines is 1. The Labute approximate surface area is 184 Å². The number of thioether (sulfide) groups is 1. The van der Waals surface area contributed by atoms with Gasteiger partial charge < -0.3 is 9.64 Å². The van der Waals surface area contributed by atoms with Crippen molar-refractivity contribution in [2.75, 3.05) is 18.1 Å². The molecule has 0 radical (unpaired) electrons. The van der Waals surface area contributed by atoms with Gasteiger partial charge in [-0.15, -0.1) is 11.8 Å². The molecule has 0 spiro atoms. The average Bonchev–Trinajstić information content (AvgIpc) is 2.76. The second-order valence-electron chi connectivity index (χ2n) is 8.66. The van der Waals surface area contributed by atoms with Crippen LogP contribution in [-0.2, 0) is 9.54 Å². The summed E-state index contributed by atoms with van der Waals surface area (Å²) in [5, 5.41) is 0.609. The van der Waals surface area contributed by atoms with E-state index in [4.69, 9.17) is 16.3 Å². The van der Waals surface area contributed by atoms with E-state index in [2.05, 4.69) is 0 Å². The summed E-state index contributed by atoms with van der Waals surface area (Å²) in [6, 6.07) is 12.8. The Kier molecular flexibility index (Phi) is 5.30. The predicted molar refractivity (Wildman–Crippen MR) is 117 cm³/mol. The first-order chi connectivity index (χ1) is 14.1. The third-order valence-corrected chi connectivity index (χ3v) is 7.40. The lowest BCUT2D eigenvalue weighted by atomic mass is 9.75. The van der Waals surface area contributed by atoms with Gasteiger partial charge in [-0.05, 0) is 62.7 Å². The molecule has 1 amide bonds. The number of amides is 1. The normalized spacial score (nSPS) is 21.3. The molecule has 160 valence electrons. The van der Waals surface area contributed by atoms with Crippen molar-refractivity contribution in [1.82, 2.24) is 0 Å². The van der Waals surface area contributed by atoms with E-state index in [-0.39, 0.29) is 25.4 Å². The summed E-state index contributed by atoms with van der Waals surface area (Å²) in [6.45, 7) is 6.39. The number of hydrogen-bond acceptors (Lipinski definition) is 3. The number of halogens is 3. The lowest BCUT2D eigenvalue weighted by molar-refractivity contribution is -0.127. The van der Waals surface area contributed by atoms with E-state index in [9.17, 15) is 13.6 Å². The Balaban J connectivity index is 1.72. The lowest BCUT2D eigenvalue weighted by Gasteiger charge is -2.47. The number of rotatable bonds is 4. The van der Waals surface area contributed by atoms with Crippen LogP contribution in [0.4, 0.5) is 14.5 Å². The number of carbonyl (C=O) groups excluding carboxylic acids is 1. The van der Waals surface area contributed by atoms with Crippen LogP contribution in [0.1, 0.15) is 39.2 Å². The van der Waals surface area contributed by atoms with E-state index < -0.39 is 16.1 Å². The van der Waals surface area contributed by atoms with Crippen LogP contribution >= 0.6 is 23.4 Å². The van der Waals surface area contributed by atoms with E-state index in [0.29, 0.717) is 23.0 Å². The number of fused-ring (bicyclic) bond motifs is 1. The molecule has 0 saturated heterocycles. The van der Waals surface area contributed by atoms with Crippen LogP contribution in [-0.4, -0.2) is 25.0 Å². The van der Waals surface area contributed by atoms with Crippen molar-refractivity contribution in [3.63, 3.8) is 0 Å². The van der Waals surface area contributed by atoms with Crippen molar-refractivity contribution in [3.05, 3.63) is 53.1 Å². The van der Waals surface area contributed by atoms with Gasteiger partial charge in [0.2, 0.25) is 5.91 Å². The van der Waals surface area contributed by atoms with Crippen LogP contribution in [0.3, 0.4) is 0 Å². The van der Waals surface area contributed by atoms with Crippen LogP contribution in [0.2, 0.25) is 5.02 Å².